The fourth-order valence-electron chi connectivity index (χ4n) is 1.52. The summed E-state index contributed by atoms with van der Waals surface area (Å²) in [7, 11) is 0. The monoisotopic (exact) mass is 170 g/mol. The summed E-state index contributed by atoms with van der Waals surface area (Å²) in [6.07, 6.45) is 6.55. The Hall–Kier alpha value is -0.0800. The van der Waals surface area contributed by atoms with E-state index in [2.05, 4.69) is 12.2 Å². The van der Waals surface area contributed by atoms with Crippen molar-refractivity contribution in [1.29, 1.82) is 0 Å². The second-order valence-corrected chi connectivity index (χ2v) is 3.98. The maximum atomic E-state index is 5.40. The zero-order chi connectivity index (χ0) is 8.81. The molecule has 2 atom stereocenters. The molecule has 1 fully saturated rings. The summed E-state index contributed by atoms with van der Waals surface area (Å²) in [5, 5.41) is 3.55. The summed E-state index contributed by atoms with van der Waals surface area (Å²) in [4.78, 5) is 0. The average Bonchev–Trinajstić information content (AvgIpc) is 2.74. The molecule has 0 saturated heterocycles. The van der Waals surface area contributed by atoms with Crippen molar-refractivity contribution in [3.8, 4) is 0 Å². The van der Waals surface area contributed by atoms with E-state index in [9.17, 15) is 0 Å². The highest BCUT2D eigenvalue weighted by Crippen LogP contribution is 2.28. The van der Waals surface area contributed by atoms with Crippen LogP contribution in [0.2, 0.25) is 0 Å². The fourth-order valence-corrected chi connectivity index (χ4v) is 1.52. The van der Waals surface area contributed by atoms with E-state index >= 15 is 0 Å². The maximum Gasteiger partial charge on any atom is 0.00963 e. The molecule has 2 heteroatoms. The van der Waals surface area contributed by atoms with Gasteiger partial charge in [0.1, 0.15) is 0 Å². The van der Waals surface area contributed by atoms with Gasteiger partial charge in [0.15, 0.2) is 0 Å². The van der Waals surface area contributed by atoms with Gasteiger partial charge in [-0.2, -0.15) is 0 Å². The molecule has 0 aromatic carbocycles. The van der Waals surface area contributed by atoms with Gasteiger partial charge in [-0.15, -0.1) is 0 Å². The highest BCUT2D eigenvalue weighted by atomic mass is 15.0. The molecule has 1 rings (SSSR count). The lowest BCUT2D eigenvalue weighted by Crippen LogP contribution is -2.18. The Balaban J connectivity index is 1.72. The van der Waals surface area contributed by atoms with Crippen LogP contribution >= 0.6 is 0 Å². The second-order valence-electron chi connectivity index (χ2n) is 3.98. The third kappa shape index (κ3) is 4.07. The minimum Gasteiger partial charge on any atom is -0.330 e. The van der Waals surface area contributed by atoms with Gasteiger partial charge in [-0.1, -0.05) is 19.8 Å². The van der Waals surface area contributed by atoms with Gasteiger partial charge in [0, 0.05) is 6.04 Å². The molecule has 0 bridgehead atoms. The number of rotatable bonds is 7. The first-order chi connectivity index (χ1) is 5.84. The third-order valence-electron chi connectivity index (χ3n) is 2.65. The Morgan fingerprint density at radius 1 is 1.25 bits per heavy atom. The van der Waals surface area contributed by atoms with Crippen LogP contribution < -0.4 is 11.1 Å². The van der Waals surface area contributed by atoms with Crippen molar-refractivity contribution < 1.29 is 0 Å². The van der Waals surface area contributed by atoms with Crippen molar-refractivity contribution >= 4 is 0 Å². The molecule has 3 N–H and O–H groups in total. The van der Waals surface area contributed by atoms with Crippen molar-refractivity contribution in [3.63, 3.8) is 0 Å². The van der Waals surface area contributed by atoms with Gasteiger partial charge in [0.25, 0.3) is 0 Å². The van der Waals surface area contributed by atoms with Crippen molar-refractivity contribution in [2.75, 3.05) is 13.1 Å². The predicted octanol–water partition coefficient (Wildman–Crippen LogP) is 1.50. The quantitative estimate of drug-likeness (QED) is 0.568. The van der Waals surface area contributed by atoms with Gasteiger partial charge in [0.05, 0.1) is 0 Å². The Morgan fingerprint density at radius 2 is 1.92 bits per heavy atom. The molecule has 0 heterocycles. The molecule has 0 spiro atoms. The van der Waals surface area contributed by atoms with Crippen molar-refractivity contribution in [2.45, 2.75) is 45.1 Å². The first-order valence-corrected chi connectivity index (χ1v) is 5.28. The van der Waals surface area contributed by atoms with Gasteiger partial charge >= 0.3 is 0 Å². The Kier molecular flexibility index (Phi) is 4.62. The van der Waals surface area contributed by atoms with Crippen molar-refractivity contribution in [3.05, 3.63) is 0 Å². The SMILES string of the molecule is CC1CC1NCCCCCCN. The molecule has 1 saturated carbocycles. The van der Waals surface area contributed by atoms with Crippen LogP contribution in [0.15, 0.2) is 0 Å². The average molecular weight is 170 g/mol. The van der Waals surface area contributed by atoms with E-state index < -0.39 is 0 Å². The third-order valence-corrected chi connectivity index (χ3v) is 2.65. The molecule has 1 aliphatic carbocycles. The number of hydrogen-bond acceptors (Lipinski definition) is 2. The van der Waals surface area contributed by atoms with Crippen LogP contribution in [-0.2, 0) is 0 Å². The fraction of sp³-hybridized carbons (Fsp3) is 1.00. The van der Waals surface area contributed by atoms with E-state index in [4.69, 9.17) is 5.73 Å². The van der Waals surface area contributed by atoms with Crippen LogP contribution in [0.4, 0.5) is 0 Å². The molecule has 0 radical (unpaired) electrons. The maximum absolute atomic E-state index is 5.40. The van der Waals surface area contributed by atoms with Gasteiger partial charge in [-0.05, 0) is 38.3 Å². The molecular formula is C10H22N2. The van der Waals surface area contributed by atoms with E-state index in [1.54, 1.807) is 0 Å². The van der Waals surface area contributed by atoms with E-state index in [0.29, 0.717) is 0 Å². The second kappa shape index (κ2) is 5.55. The molecule has 0 aromatic rings. The van der Waals surface area contributed by atoms with E-state index in [1.165, 1.54) is 38.6 Å². The smallest absolute Gasteiger partial charge is 0.00963 e. The van der Waals surface area contributed by atoms with Crippen LogP contribution in [0.25, 0.3) is 0 Å². The molecule has 0 amide bonds. The summed E-state index contributed by atoms with van der Waals surface area (Å²) in [6, 6.07) is 0.847. The van der Waals surface area contributed by atoms with E-state index in [1.807, 2.05) is 0 Å². The summed E-state index contributed by atoms with van der Waals surface area (Å²) in [5.74, 6) is 0.939. The highest BCUT2D eigenvalue weighted by Gasteiger charge is 2.31. The summed E-state index contributed by atoms with van der Waals surface area (Å²) >= 11 is 0. The summed E-state index contributed by atoms with van der Waals surface area (Å²) in [6.45, 7) is 4.37. The molecule has 72 valence electrons. The molecule has 0 aliphatic heterocycles. The number of unbranched alkanes of at least 4 members (excludes halogenated alkanes) is 3. The largest absolute Gasteiger partial charge is 0.330 e. The first kappa shape index (κ1) is 10.0. The molecule has 1 aliphatic rings. The van der Waals surface area contributed by atoms with Crippen LogP contribution in [0.5, 0.6) is 0 Å². The number of nitrogens with one attached hydrogen (secondary N) is 1. The van der Waals surface area contributed by atoms with Crippen molar-refractivity contribution in [1.82, 2.24) is 5.32 Å². The zero-order valence-corrected chi connectivity index (χ0v) is 8.18. The standard InChI is InChI=1S/C10H22N2/c1-9-8-10(9)12-7-5-3-2-4-6-11/h9-10,12H,2-8,11H2,1H3. The predicted molar refractivity (Wildman–Crippen MR) is 53.1 cm³/mol. The lowest BCUT2D eigenvalue weighted by Gasteiger charge is -2.02. The minimum atomic E-state index is 0.847. The number of nitrogens with two attached hydrogens (primary N) is 1. The van der Waals surface area contributed by atoms with Crippen LogP contribution in [0, 0.1) is 5.92 Å². The van der Waals surface area contributed by atoms with Gasteiger partial charge < -0.3 is 11.1 Å². The topological polar surface area (TPSA) is 38.0 Å². The molecule has 0 aromatic heterocycles. The van der Waals surface area contributed by atoms with Crippen LogP contribution in [0.1, 0.15) is 39.0 Å². The lowest BCUT2D eigenvalue weighted by molar-refractivity contribution is 0.576. The lowest BCUT2D eigenvalue weighted by atomic mass is 10.2. The summed E-state index contributed by atoms with van der Waals surface area (Å²) < 4.78 is 0. The number of hydrogen-bond donors (Lipinski definition) is 2. The Morgan fingerprint density at radius 3 is 2.50 bits per heavy atom. The van der Waals surface area contributed by atoms with E-state index in [0.717, 1.165) is 18.5 Å². The van der Waals surface area contributed by atoms with Crippen molar-refractivity contribution in [2.24, 2.45) is 11.7 Å². The molecule has 12 heavy (non-hydrogen) atoms. The Bertz CT molecular complexity index is 114. The Labute approximate surface area is 75.9 Å². The van der Waals surface area contributed by atoms with Crippen LogP contribution in [-0.4, -0.2) is 19.1 Å². The first-order valence-electron chi connectivity index (χ1n) is 5.28. The van der Waals surface area contributed by atoms with E-state index in [-0.39, 0.29) is 0 Å². The zero-order valence-electron chi connectivity index (χ0n) is 8.18. The normalized spacial score (nSPS) is 27.5. The summed E-state index contributed by atoms with van der Waals surface area (Å²) in [5.41, 5.74) is 5.40. The van der Waals surface area contributed by atoms with Crippen LogP contribution in [0.3, 0.4) is 0 Å². The highest BCUT2D eigenvalue weighted by molar-refractivity contribution is 4.89. The minimum absolute atomic E-state index is 0.847. The van der Waals surface area contributed by atoms with Gasteiger partial charge in [0.2, 0.25) is 0 Å². The molecular weight excluding hydrogens is 148 g/mol. The molecule has 2 unspecified atom stereocenters. The van der Waals surface area contributed by atoms with Gasteiger partial charge in [-0.25, -0.2) is 0 Å². The molecule has 2 nitrogen and oxygen atoms in total. The van der Waals surface area contributed by atoms with Gasteiger partial charge in [-0.3, -0.25) is 0 Å².